The Hall–Kier alpha value is -4.47. The third-order valence-electron chi connectivity index (χ3n) is 8.23. The zero-order valence-electron chi connectivity index (χ0n) is 22.3. The van der Waals surface area contributed by atoms with E-state index in [0.717, 1.165) is 35.3 Å². The van der Waals surface area contributed by atoms with Crippen molar-refractivity contribution in [1.29, 1.82) is 5.26 Å². The number of ether oxygens (including phenoxy) is 2. The fraction of sp³-hybridized carbons (Fsp3) is 0.241. The molecule has 2 aromatic carbocycles. The summed E-state index contributed by atoms with van der Waals surface area (Å²) >= 11 is 7.89. The first-order valence-electron chi connectivity index (χ1n) is 13.0. The van der Waals surface area contributed by atoms with Crippen LogP contribution in [0.4, 0.5) is 25.4 Å². The van der Waals surface area contributed by atoms with Gasteiger partial charge in [0.15, 0.2) is 11.6 Å². The molecule has 0 spiro atoms. The van der Waals surface area contributed by atoms with Gasteiger partial charge < -0.3 is 25.8 Å². The number of thiophene rings is 1. The van der Waals surface area contributed by atoms with E-state index in [1.807, 2.05) is 24.1 Å². The molecule has 4 heterocycles. The van der Waals surface area contributed by atoms with Crippen molar-refractivity contribution in [2.45, 2.75) is 24.8 Å². The number of aromatic nitrogens is 3. The third kappa shape index (κ3) is 3.60. The maximum Gasteiger partial charge on any atom is 0.318 e. The predicted octanol–water partition coefficient (Wildman–Crippen LogP) is 5.81. The minimum absolute atomic E-state index is 0.0405. The number of aryl methyl sites for hydroxylation is 1. The molecule has 4 N–H and O–H groups in total. The van der Waals surface area contributed by atoms with E-state index in [9.17, 15) is 9.65 Å². The van der Waals surface area contributed by atoms with Gasteiger partial charge in [0.1, 0.15) is 40.6 Å². The minimum atomic E-state index is -0.794. The van der Waals surface area contributed by atoms with Gasteiger partial charge in [-0.25, -0.2) is 13.8 Å². The highest BCUT2D eigenvalue weighted by Crippen LogP contribution is 2.52. The molecule has 0 radical (unpaired) electrons. The van der Waals surface area contributed by atoms with Crippen LogP contribution < -0.4 is 25.8 Å². The van der Waals surface area contributed by atoms with Gasteiger partial charge in [0.2, 0.25) is 0 Å². The van der Waals surface area contributed by atoms with Crippen LogP contribution in [0.2, 0.25) is 5.02 Å². The number of benzene rings is 2. The second-order valence-corrected chi connectivity index (χ2v) is 11.7. The van der Waals surface area contributed by atoms with Crippen LogP contribution in [0.1, 0.15) is 29.0 Å². The summed E-state index contributed by atoms with van der Waals surface area (Å²) in [6, 6.07) is 6.24. The molecule has 2 unspecified atom stereocenters. The number of rotatable bonds is 3. The van der Waals surface area contributed by atoms with Crippen LogP contribution in [0, 0.1) is 23.0 Å². The number of hydrogen-bond acceptors (Lipinski definition) is 10. The smallest absolute Gasteiger partial charge is 0.318 e. The number of nitrogens with zero attached hydrogens (tertiary/aromatic N) is 5. The number of nitriles is 1. The van der Waals surface area contributed by atoms with Crippen molar-refractivity contribution in [3.63, 3.8) is 0 Å². The maximum absolute atomic E-state index is 16.7. The number of likely N-dealkylation sites (N-methyl/N-ethyl adjacent to an activating group) is 1. The van der Waals surface area contributed by atoms with Crippen molar-refractivity contribution in [2.75, 3.05) is 37.1 Å². The van der Waals surface area contributed by atoms with Crippen LogP contribution in [0.3, 0.4) is 0 Å². The van der Waals surface area contributed by atoms with Crippen molar-refractivity contribution in [3.05, 3.63) is 57.7 Å². The van der Waals surface area contributed by atoms with Crippen LogP contribution in [0.25, 0.3) is 32.1 Å². The van der Waals surface area contributed by atoms with Crippen LogP contribution in [0.15, 0.2) is 24.4 Å². The molecule has 0 bridgehead atoms. The Morgan fingerprint density at radius 1 is 1.21 bits per heavy atom. The van der Waals surface area contributed by atoms with Crippen molar-refractivity contribution < 1.29 is 18.3 Å². The van der Waals surface area contributed by atoms with Gasteiger partial charge >= 0.3 is 6.01 Å². The van der Waals surface area contributed by atoms with E-state index in [4.69, 9.17) is 32.5 Å². The molecular weight excluding hydrogens is 584 g/mol. The van der Waals surface area contributed by atoms with Gasteiger partial charge in [-0.15, -0.1) is 11.3 Å². The SMILES string of the molecule is COc1nc2c3c(c(Cl)c(-c4ccc(F)c5sc(N)c(C#N)c45)c(F)c3n1)OCC(C1CCc3ccnc(N)c31)N2C. The predicted molar refractivity (Wildman–Crippen MR) is 158 cm³/mol. The number of nitrogens with two attached hydrogens (primary N) is 2. The molecule has 2 atom stereocenters. The van der Waals surface area contributed by atoms with Crippen molar-refractivity contribution >= 4 is 60.6 Å². The molecule has 13 heteroatoms. The normalized spacial score (nSPS) is 17.7. The van der Waals surface area contributed by atoms with E-state index >= 15 is 4.39 Å². The lowest BCUT2D eigenvalue weighted by Crippen LogP contribution is -2.40. The summed E-state index contributed by atoms with van der Waals surface area (Å²) in [5.74, 6) is -0.412. The number of nitrogen functional groups attached to an aromatic ring is 2. The molecule has 5 aromatic rings. The third-order valence-corrected chi connectivity index (χ3v) is 9.61. The second kappa shape index (κ2) is 9.54. The average molecular weight is 606 g/mol. The standard InChI is InChI=1S/C29H22ClF2N7O2S/c1-39-16(12-4-3-11-7-8-36-26(34)17(11)12)10-41-24-20-23(37-29(40-2)38-28(20)39)22(32)19(21(24)30)13-5-6-15(31)25-18(13)14(9-33)27(35)42-25/h5-8,12,16H,3-4,10,35H2,1-2H3,(H2,34,36). The summed E-state index contributed by atoms with van der Waals surface area (Å²) in [6.45, 7) is 0.168. The Bertz CT molecular complexity index is 2010. The molecule has 1 aliphatic heterocycles. The van der Waals surface area contributed by atoms with E-state index < -0.39 is 11.6 Å². The molecular formula is C29H22ClF2N7O2S. The number of pyridine rings is 1. The molecule has 0 fully saturated rings. The summed E-state index contributed by atoms with van der Waals surface area (Å²) in [6.07, 6.45) is 3.34. The molecule has 1 aliphatic carbocycles. The van der Waals surface area contributed by atoms with Gasteiger partial charge in [0.25, 0.3) is 0 Å². The lowest BCUT2D eigenvalue weighted by Gasteiger charge is -2.32. The van der Waals surface area contributed by atoms with Gasteiger partial charge in [-0.1, -0.05) is 17.7 Å². The van der Waals surface area contributed by atoms with Gasteiger partial charge in [0, 0.05) is 35.7 Å². The Morgan fingerprint density at radius 2 is 2.02 bits per heavy atom. The summed E-state index contributed by atoms with van der Waals surface area (Å²) in [5.41, 5.74) is 14.5. The van der Waals surface area contributed by atoms with Gasteiger partial charge in [-0.3, -0.25) is 0 Å². The Morgan fingerprint density at radius 3 is 2.79 bits per heavy atom. The lowest BCUT2D eigenvalue weighted by molar-refractivity contribution is 0.272. The van der Waals surface area contributed by atoms with Crippen LogP contribution >= 0.6 is 22.9 Å². The summed E-state index contributed by atoms with van der Waals surface area (Å²) in [4.78, 5) is 15.2. The summed E-state index contributed by atoms with van der Waals surface area (Å²) in [7, 11) is 3.25. The van der Waals surface area contributed by atoms with E-state index in [-0.39, 0.29) is 78.0 Å². The van der Waals surface area contributed by atoms with Gasteiger partial charge in [-0.2, -0.15) is 15.2 Å². The second-order valence-electron chi connectivity index (χ2n) is 10.2. The monoisotopic (exact) mass is 605 g/mol. The van der Waals surface area contributed by atoms with E-state index in [1.54, 1.807) is 6.20 Å². The minimum Gasteiger partial charge on any atom is -0.489 e. The van der Waals surface area contributed by atoms with Crippen LogP contribution in [0.5, 0.6) is 11.8 Å². The zero-order valence-corrected chi connectivity index (χ0v) is 23.9. The topological polar surface area (TPSA) is 136 Å². The first kappa shape index (κ1) is 26.4. The highest BCUT2D eigenvalue weighted by atomic mass is 35.5. The molecule has 7 rings (SSSR count). The fourth-order valence-electron chi connectivity index (χ4n) is 6.30. The molecule has 42 heavy (non-hydrogen) atoms. The molecule has 0 saturated heterocycles. The Kier molecular flexibility index (Phi) is 6.00. The molecule has 3 aromatic heterocycles. The first-order chi connectivity index (χ1) is 20.2. The Balaban J connectivity index is 1.49. The number of halogens is 3. The summed E-state index contributed by atoms with van der Waals surface area (Å²) in [5, 5.41) is 10.3. The van der Waals surface area contributed by atoms with Crippen molar-refractivity contribution in [2.24, 2.45) is 0 Å². The molecule has 0 saturated carbocycles. The number of fused-ring (bicyclic) bond motifs is 2. The van der Waals surface area contributed by atoms with E-state index in [1.165, 1.54) is 19.2 Å². The highest BCUT2D eigenvalue weighted by molar-refractivity contribution is 7.23. The quantitative estimate of drug-likeness (QED) is 0.261. The maximum atomic E-state index is 16.7. The highest BCUT2D eigenvalue weighted by Gasteiger charge is 2.39. The van der Waals surface area contributed by atoms with Crippen LogP contribution in [-0.4, -0.2) is 41.8 Å². The van der Waals surface area contributed by atoms with Crippen LogP contribution in [-0.2, 0) is 6.42 Å². The van der Waals surface area contributed by atoms with Gasteiger partial charge in [-0.05, 0) is 36.1 Å². The molecule has 9 nitrogen and oxygen atoms in total. The summed E-state index contributed by atoms with van der Waals surface area (Å²) < 4.78 is 43.4. The fourth-order valence-corrected chi connectivity index (χ4v) is 7.59. The lowest BCUT2D eigenvalue weighted by atomic mass is 9.92. The number of hydrogen-bond donors (Lipinski definition) is 2. The van der Waals surface area contributed by atoms with E-state index in [0.29, 0.717) is 11.6 Å². The molecule has 2 aliphatic rings. The van der Waals surface area contributed by atoms with E-state index in [2.05, 4.69) is 15.0 Å². The molecule has 212 valence electrons. The number of methoxy groups -OCH3 is 1. The molecule has 0 amide bonds. The van der Waals surface area contributed by atoms with Crippen molar-refractivity contribution in [3.8, 4) is 29.0 Å². The largest absolute Gasteiger partial charge is 0.489 e. The average Bonchev–Trinajstić information content (AvgIpc) is 3.53. The number of anilines is 3. The zero-order chi connectivity index (χ0) is 29.4. The Labute approximate surface area is 247 Å². The first-order valence-corrected chi connectivity index (χ1v) is 14.2. The van der Waals surface area contributed by atoms with Crippen molar-refractivity contribution in [1.82, 2.24) is 15.0 Å². The van der Waals surface area contributed by atoms with Gasteiger partial charge in [0.05, 0.1) is 33.8 Å².